The minimum absolute atomic E-state index is 0.0855. The Balaban J connectivity index is 1.65. The van der Waals surface area contributed by atoms with Crippen molar-refractivity contribution in [1.29, 1.82) is 0 Å². The van der Waals surface area contributed by atoms with Crippen LogP contribution in [0.1, 0.15) is 35.3 Å². The molecule has 3 heterocycles. The number of amides is 1. The van der Waals surface area contributed by atoms with Crippen LogP contribution in [0.3, 0.4) is 0 Å². The van der Waals surface area contributed by atoms with Crippen molar-refractivity contribution in [3.05, 3.63) is 29.6 Å². The van der Waals surface area contributed by atoms with Crippen molar-refractivity contribution in [2.24, 2.45) is 0 Å². The molecule has 7 heteroatoms. The Hall–Kier alpha value is -1.63. The van der Waals surface area contributed by atoms with E-state index in [1.54, 1.807) is 0 Å². The fraction of sp³-hybridized carbons (Fsp3) is 0.571. The Bertz CT molecular complexity index is 529. The van der Waals surface area contributed by atoms with Gasteiger partial charge in [-0.25, -0.2) is 0 Å². The molecule has 2 aliphatic heterocycles. The Morgan fingerprint density at radius 3 is 2.76 bits per heavy atom. The van der Waals surface area contributed by atoms with Crippen LogP contribution in [0.5, 0.6) is 0 Å². The second-order valence-electron chi connectivity index (χ2n) is 5.54. The van der Waals surface area contributed by atoms with Gasteiger partial charge in [-0.15, -0.1) is 0 Å². The topological polar surface area (TPSA) is 45.2 Å². The van der Waals surface area contributed by atoms with Crippen LogP contribution >= 0.6 is 0 Å². The van der Waals surface area contributed by atoms with Gasteiger partial charge in [0, 0.05) is 24.8 Å². The maximum absolute atomic E-state index is 12.4. The molecular formula is C14H16F3N3O. The SMILES string of the molecule is O=C(N[C@@H]1CCN2CCC[C@H]12)c1ccc(C(F)(F)F)nc1. The zero-order valence-electron chi connectivity index (χ0n) is 11.4. The number of hydrogen-bond acceptors (Lipinski definition) is 3. The Morgan fingerprint density at radius 1 is 1.29 bits per heavy atom. The predicted octanol–water partition coefficient (Wildman–Crippen LogP) is 2.07. The quantitative estimate of drug-likeness (QED) is 0.909. The Morgan fingerprint density at radius 2 is 2.10 bits per heavy atom. The van der Waals surface area contributed by atoms with E-state index < -0.39 is 11.9 Å². The third-order valence-electron chi connectivity index (χ3n) is 4.24. The lowest BCUT2D eigenvalue weighted by Crippen LogP contribution is -2.42. The predicted molar refractivity (Wildman–Crippen MR) is 69.7 cm³/mol. The van der Waals surface area contributed by atoms with Crippen LogP contribution < -0.4 is 5.32 Å². The zero-order chi connectivity index (χ0) is 15.0. The summed E-state index contributed by atoms with van der Waals surface area (Å²) in [7, 11) is 0. The van der Waals surface area contributed by atoms with Gasteiger partial charge < -0.3 is 5.32 Å². The first kappa shape index (κ1) is 14.3. The van der Waals surface area contributed by atoms with E-state index in [4.69, 9.17) is 0 Å². The van der Waals surface area contributed by atoms with Gasteiger partial charge in [0.1, 0.15) is 5.69 Å². The summed E-state index contributed by atoms with van der Waals surface area (Å²) in [6.07, 6.45) is -0.399. The number of hydrogen-bond donors (Lipinski definition) is 1. The van der Waals surface area contributed by atoms with E-state index in [-0.39, 0.29) is 17.5 Å². The molecule has 2 saturated heterocycles. The van der Waals surface area contributed by atoms with Crippen LogP contribution in [0.15, 0.2) is 18.3 Å². The van der Waals surface area contributed by atoms with E-state index in [0.717, 1.165) is 44.6 Å². The highest BCUT2D eigenvalue weighted by molar-refractivity contribution is 5.94. The molecule has 3 rings (SSSR count). The molecule has 1 N–H and O–H groups in total. The summed E-state index contributed by atoms with van der Waals surface area (Å²) in [5.41, 5.74) is -0.818. The molecule has 4 nitrogen and oxygen atoms in total. The van der Waals surface area contributed by atoms with E-state index in [9.17, 15) is 18.0 Å². The summed E-state index contributed by atoms with van der Waals surface area (Å²) in [5, 5.41) is 2.92. The van der Waals surface area contributed by atoms with Crippen molar-refractivity contribution < 1.29 is 18.0 Å². The standard InChI is InChI=1S/C14H16F3N3O/c15-14(16,17)12-4-3-9(8-18-12)13(21)19-10-5-7-20-6-1-2-11(10)20/h3-4,8,10-11H,1-2,5-7H2,(H,19,21)/t10-,11-/m1/s1. The lowest BCUT2D eigenvalue weighted by molar-refractivity contribution is -0.141. The highest BCUT2D eigenvalue weighted by Crippen LogP contribution is 2.29. The maximum Gasteiger partial charge on any atom is 0.433 e. The van der Waals surface area contributed by atoms with Gasteiger partial charge in [-0.2, -0.15) is 13.2 Å². The molecular weight excluding hydrogens is 283 g/mol. The maximum atomic E-state index is 12.4. The van der Waals surface area contributed by atoms with Gasteiger partial charge in [-0.3, -0.25) is 14.7 Å². The molecule has 1 amide bonds. The number of halogens is 3. The molecule has 0 aromatic carbocycles. The lowest BCUT2D eigenvalue weighted by Gasteiger charge is -2.21. The van der Waals surface area contributed by atoms with Crippen LogP contribution in [-0.2, 0) is 6.18 Å². The normalized spacial score (nSPS) is 25.9. The van der Waals surface area contributed by atoms with Crippen LogP contribution in [0.25, 0.3) is 0 Å². The van der Waals surface area contributed by atoms with Gasteiger partial charge in [0.15, 0.2) is 0 Å². The van der Waals surface area contributed by atoms with Gasteiger partial charge in [0.05, 0.1) is 5.56 Å². The fourth-order valence-electron chi connectivity index (χ4n) is 3.20. The first-order valence-electron chi connectivity index (χ1n) is 7.03. The van der Waals surface area contributed by atoms with Gasteiger partial charge in [-0.05, 0) is 37.9 Å². The zero-order valence-corrected chi connectivity index (χ0v) is 11.4. The van der Waals surface area contributed by atoms with Crippen LogP contribution in [0.2, 0.25) is 0 Å². The van der Waals surface area contributed by atoms with Gasteiger partial charge in [0.25, 0.3) is 5.91 Å². The van der Waals surface area contributed by atoms with Gasteiger partial charge in [0.2, 0.25) is 0 Å². The monoisotopic (exact) mass is 299 g/mol. The van der Waals surface area contributed by atoms with E-state index >= 15 is 0 Å². The van der Waals surface area contributed by atoms with Crippen molar-refractivity contribution >= 4 is 5.91 Å². The van der Waals surface area contributed by atoms with Crippen molar-refractivity contribution in [3.8, 4) is 0 Å². The van der Waals surface area contributed by atoms with E-state index in [1.165, 1.54) is 6.07 Å². The average Bonchev–Trinajstić information content (AvgIpc) is 3.03. The van der Waals surface area contributed by atoms with Crippen molar-refractivity contribution in [2.75, 3.05) is 13.1 Å². The average molecular weight is 299 g/mol. The molecule has 1 aromatic heterocycles. The molecule has 0 radical (unpaired) electrons. The van der Waals surface area contributed by atoms with Crippen molar-refractivity contribution in [1.82, 2.24) is 15.2 Å². The number of carbonyl (C=O) groups excluding carboxylic acids is 1. The summed E-state index contributed by atoms with van der Waals surface area (Å²) < 4.78 is 37.3. The molecule has 0 saturated carbocycles. The first-order chi connectivity index (χ1) is 9.95. The molecule has 0 unspecified atom stereocenters. The second-order valence-corrected chi connectivity index (χ2v) is 5.54. The highest BCUT2D eigenvalue weighted by Gasteiger charge is 2.38. The molecule has 2 aliphatic rings. The third kappa shape index (κ3) is 2.88. The number of carbonyl (C=O) groups is 1. The molecule has 1 aromatic rings. The molecule has 0 spiro atoms. The molecule has 0 bridgehead atoms. The Labute approximate surface area is 120 Å². The van der Waals surface area contributed by atoms with Gasteiger partial charge >= 0.3 is 6.18 Å². The number of fused-ring (bicyclic) bond motifs is 1. The minimum Gasteiger partial charge on any atom is -0.348 e. The highest BCUT2D eigenvalue weighted by atomic mass is 19.4. The number of rotatable bonds is 2. The summed E-state index contributed by atoms with van der Waals surface area (Å²) >= 11 is 0. The lowest BCUT2D eigenvalue weighted by atomic mass is 10.1. The van der Waals surface area contributed by atoms with Gasteiger partial charge in [-0.1, -0.05) is 0 Å². The fourth-order valence-corrected chi connectivity index (χ4v) is 3.20. The van der Waals surface area contributed by atoms with Crippen molar-refractivity contribution in [2.45, 2.75) is 37.5 Å². The molecule has 114 valence electrons. The minimum atomic E-state index is -4.48. The smallest absolute Gasteiger partial charge is 0.348 e. The summed E-state index contributed by atoms with van der Waals surface area (Å²) in [4.78, 5) is 17.8. The molecule has 2 atom stereocenters. The molecule has 2 fully saturated rings. The van der Waals surface area contributed by atoms with Crippen LogP contribution in [0, 0.1) is 0 Å². The van der Waals surface area contributed by atoms with E-state index in [2.05, 4.69) is 15.2 Å². The summed E-state index contributed by atoms with van der Waals surface area (Å²) in [5.74, 6) is -0.352. The molecule has 21 heavy (non-hydrogen) atoms. The van der Waals surface area contributed by atoms with E-state index in [0.29, 0.717) is 6.04 Å². The van der Waals surface area contributed by atoms with Crippen LogP contribution in [0.4, 0.5) is 13.2 Å². The number of nitrogens with zero attached hydrogens (tertiary/aromatic N) is 2. The second kappa shape index (κ2) is 5.29. The number of nitrogens with one attached hydrogen (secondary N) is 1. The summed E-state index contributed by atoms with van der Waals surface area (Å²) in [6.45, 7) is 2.04. The molecule has 0 aliphatic carbocycles. The van der Waals surface area contributed by atoms with E-state index in [1.807, 2.05) is 0 Å². The van der Waals surface area contributed by atoms with Crippen LogP contribution in [-0.4, -0.2) is 41.0 Å². The third-order valence-corrected chi connectivity index (χ3v) is 4.24. The first-order valence-corrected chi connectivity index (χ1v) is 7.03. The number of alkyl halides is 3. The number of pyridine rings is 1. The van der Waals surface area contributed by atoms with Crippen molar-refractivity contribution in [3.63, 3.8) is 0 Å². The largest absolute Gasteiger partial charge is 0.433 e. The number of aromatic nitrogens is 1. The summed E-state index contributed by atoms with van der Waals surface area (Å²) in [6, 6.07) is 2.47. The Kier molecular flexibility index (Phi) is 3.61.